The molecule has 20 heavy (non-hydrogen) atoms. The lowest BCUT2D eigenvalue weighted by Gasteiger charge is -2.19. The maximum Gasteiger partial charge on any atom is 0.223 e. The minimum atomic E-state index is -0.215. The molecule has 0 spiro atoms. The van der Waals surface area contributed by atoms with Crippen LogP contribution < -0.4 is 5.32 Å². The van der Waals surface area contributed by atoms with Gasteiger partial charge in [0.25, 0.3) is 0 Å². The van der Waals surface area contributed by atoms with Gasteiger partial charge in [-0.1, -0.05) is 19.1 Å². The molecule has 1 aromatic carbocycles. The lowest BCUT2D eigenvalue weighted by Crippen LogP contribution is -2.31. The van der Waals surface area contributed by atoms with Crippen LogP contribution in [0.3, 0.4) is 0 Å². The molecule has 1 aromatic rings. The van der Waals surface area contributed by atoms with Gasteiger partial charge in [-0.05, 0) is 37.0 Å². The summed E-state index contributed by atoms with van der Waals surface area (Å²) in [7, 11) is 0. The molecule has 1 fully saturated rings. The highest BCUT2D eigenvalue weighted by atomic mass is 19.1. The zero-order valence-electron chi connectivity index (χ0n) is 12.1. The lowest BCUT2D eigenvalue weighted by molar-refractivity contribution is -0.130. The number of nitrogens with one attached hydrogen (secondary N) is 1. The number of halogens is 1. The van der Waals surface area contributed by atoms with Crippen LogP contribution in [0, 0.1) is 5.82 Å². The van der Waals surface area contributed by atoms with Gasteiger partial charge in [0, 0.05) is 32.1 Å². The molecule has 0 aromatic heterocycles. The Morgan fingerprint density at radius 3 is 2.55 bits per heavy atom. The number of benzene rings is 1. The van der Waals surface area contributed by atoms with Gasteiger partial charge in [0.05, 0.1) is 0 Å². The number of hydrogen-bond donors (Lipinski definition) is 1. The Balaban J connectivity index is 1.78. The minimum absolute atomic E-state index is 0.182. The summed E-state index contributed by atoms with van der Waals surface area (Å²) in [6, 6.07) is 6.75. The molecular formula is C16H23FN2O. The first-order valence-electron chi connectivity index (χ1n) is 7.47. The molecule has 2 rings (SSSR count). The van der Waals surface area contributed by atoms with Crippen LogP contribution in [0.5, 0.6) is 0 Å². The van der Waals surface area contributed by atoms with Crippen molar-refractivity contribution in [2.24, 2.45) is 0 Å². The topological polar surface area (TPSA) is 32.3 Å². The van der Waals surface area contributed by atoms with E-state index in [0.717, 1.165) is 37.9 Å². The average Bonchev–Trinajstić information content (AvgIpc) is 2.99. The number of carbonyl (C=O) groups is 1. The van der Waals surface area contributed by atoms with Gasteiger partial charge in [-0.15, -0.1) is 0 Å². The summed E-state index contributed by atoms with van der Waals surface area (Å²) in [4.78, 5) is 13.9. The molecule has 1 aliphatic heterocycles. The van der Waals surface area contributed by atoms with E-state index in [1.807, 2.05) is 4.90 Å². The molecule has 3 nitrogen and oxygen atoms in total. The fraction of sp³-hybridized carbons (Fsp3) is 0.562. The Morgan fingerprint density at radius 1 is 1.30 bits per heavy atom. The first-order chi connectivity index (χ1) is 9.70. The quantitative estimate of drug-likeness (QED) is 0.868. The van der Waals surface area contributed by atoms with Crippen molar-refractivity contribution in [2.45, 2.75) is 38.6 Å². The maximum atomic E-state index is 12.9. The Kier molecular flexibility index (Phi) is 5.53. The van der Waals surface area contributed by atoms with Crippen molar-refractivity contribution in [1.29, 1.82) is 0 Å². The first-order valence-corrected chi connectivity index (χ1v) is 7.47. The number of nitrogens with zero attached hydrogens (tertiary/aromatic N) is 1. The normalized spacial score (nSPS) is 16.4. The van der Waals surface area contributed by atoms with Gasteiger partial charge in [-0.2, -0.15) is 0 Å². The molecule has 1 heterocycles. The molecule has 0 radical (unpaired) electrons. The number of carbonyl (C=O) groups excluding carboxylic acids is 1. The SMILES string of the molecule is CCC(NCCC(=O)N1CCCC1)c1ccc(F)cc1. The summed E-state index contributed by atoms with van der Waals surface area (Å²) in [6.07, 6.45) is 3.72. The van der Waals surface area contributed by atoms with Gasteiger partial charge in [0.1, 0.15) is 5.82 Å². The van der Waals surface area contributed by atoms with Crippen molar-refractivity contribution in [3.63, 3.8) is 0 Å². The van der Waals surface area contributed by atoms with Crippen LogP contribution in [0.1, 0.15) is 44.2 Å². The predicted octanol–water partition coefficient (Wildman–Crippen LogP) is 2.88. The molecule has 4 heteroatoms. The first kappa shape index (κ1) is 15.0. The molecule has 0 saturated carbocycles. The third-order valence-corrected chi connectivity index (χ3v) is 3.87. The zero-order chi connectivity index (χ0) is 14.4. The molecule has 0 aliphatic carbocycles. The Hall–Kier alpha value is -1.42. The van der Waals surface area contributed by atoms with Crippen LogP contribution in [-0.2, 0) is 4.79 Å². The highest BCUT2D eigenvalue weighted by molar-refractivity contribution is 5.76. The van der Waals surface area contributed by atoms with Gasteiger partial charge in [0.15, 0.2) is 0 Å². The molecule has 1 aliphatic rings. The van der Waals surface area contributed by atoms with Crippen molar-refractivity contribution < 1.29 is 9.18 Å². The van der Waals surface area contributed by atoms with Gasteiger partial charge in [-0.25, -0.2) is 4.39 Å². The fourth-order valence-corrected chi connectivity index (χ4v) is 2.67. The monoisotopic (exact) mass is 278 g/mol. The zero-order valence-corrected chi connectivity index (χ0v) is 12.1. The van der Waals surface area contributed by atoms with E-state index in [2.05, 4.69) is 12.2 Å². The number of rotatable bonds is 6. The molecular weight excluding hydrogens is 255 g/mol. The largest absolute Gasteiger partial charge is 0.343 e. The van der Waals surface area contributed by atoms with Crippen molar-refractivity contribution in [2.75, 3.05) is 19.6 Å². The molecule has 1 saturated heterocycles. The van der Waals surface area contributed by atoms with Crippen molar-refractivity contribution in [3.8, 4) is 0 Å². The van der Waals surface area contributed by atoms with Crippen LogP contribution in [0.2, 0.25) is 0 Å². The third kappa shape index (κ3) is 4.04. The van der Waals surface area contributed by atoms with E-state index >= 15 is 0 Å². The fourth-order valence-electron chi connectivity index (χ4n) is 2.67. The molecule has 0 bridgehead atoms. The van der Waals surface area contributed by atoms with Gasteiger partial charge in [0.2, 0.25) is 5.91 Å². The smallest absolute Gasteiger partial charge is 0.223 e. The van der Waals surface area contributed by atoms with Crippen LogP contribution in [0.25, 0.3) is 0 Å². The highest BCUT2D eigenvalue weighted by Crippen LogP contribution is 2.17. The van der Waals surface area contributed by atoms with E-state index in [0.29, 0.717) is 13.0 Å². The van der Waals surface area contributed by atoms with Gasteiger partial charge >= 0.3 is 0 Å². The van der Waals surface area contributed by atoms with Crippen LogP contribution in [0.15, 0.2) is 24.3 Å². The van der Waals surface area contributed by atoms with E-state index in [9.17, 15) is 9.18 Å². The third-order valence-electron chi connectivity index (χ3n) is 3.87. The highest BCUT2D eigenvalue weighted by Gasteiger charge is 2.17. The second-order valence-electron chi connectivity index (χ2n) is 5.30. The Morgan fingerprint density at radius 2 is 1.95 bits per heavy atom. The van der Waals surface area contributed by atoms with Gasteiger partial charge < -0.3 is 10.2 Å². The van der Waals surface area contributed by atoms with E-state index in [4.69, 9.17) is 0 Å². The Labute approximate surface area is 120 Å². The van der Waals surface area contributed by atoms with E-state index in [-0.39, 0.29) is 17.8 Å². The molecule has 1 amide bonds. The second kappa shape index (κ2) is 7.39. The average molecular weight is 278 g/mol. The van der Waals surface area contributed by atoms with Gasteiger partial charge in [-0.3, -0.25) is 4.79 Å². The Bertz CT molecular complexity index is 427. The molecule has 1 unspecified atom stereocenters. The van der Waals surface area contributed by atoms with Crippen LogP contribution in [-0.4, -0.2) is 30.4 Å². The summed E-state index contributed by atoms with van der Waals surface area (Å²) < 4.78 is 12.9. The molecule has 1 N–H and O–H groups in total. The van der Waals surface area contributed by atoms with E-state index in [1.165, 1.54) is 12.1 Å². The van der Waals surface area contributed by atoms with Crippen LogP contribution >= 0.6 is 0 Å². The van der Waals surface area contributed by atoms with Crippen molar-refractivity contribution in [1.82, 2.24) is 10.2 Å². The van der Waals surface area contributed by atoms with Crippen molar-refractivity contribution >= 4 is 5.91 Å². The van der Waals surface area contributed by atoms with Crippen molar-refractivity contribution in [3.05, 3.63) is 35.6 Å². The summed E-state index contributed by atoms with van der Waals surface area (Å²) in [5.74, 6) is 0.0248. The lowest BCUT2D eigenvalue weighted by atomic mass is 10.0. The summed E-state index contributed by atoms with van der Waals surface area (Å²) >= 11 is 0. The van der Waals surface area contributed by atoms with E-state index < -0.39 is 0 Å². The second-order valence-corrected chi connectivity index (χ2v) is 5.30. The molecule has 110 valence electrons. The minimum Gasteiger partial charge on any atom is -0.343 e. The summed E-state index contributed by atoms with van der Waals surface area (Å²) in [6.45, 7) is 4.58. The van der Waals surface area contributed by atoms with E-state index in [1.54, 1.807) is 12.1 Å². The summed E-state index contributed by atoms with van der Waals surface area (Å²) in [5.41, 5.74) is 1.07. The number of likely N-dealkylation sites (tertiary alicyclic amines) is 1. The maximum absolute atomic E-state index is 12.9. The molecule has 1 atom stereocenters. The van der Waals surface area contributed by atoms with Crippen LogP contribution in [0.4, 0.5) is 4.39 Å². The number of amides is 1. The number of hydrogen-bond acceptors (Lipinski definition) is 2. The summed E-state index contributed by atoms with van der Waals surface area (Å²) in [5, 5.41) is 3.39. The predicted molar refractivity (Wildman–Crippen MR) is 77.9 cm³/mol. The standard InChI is InChI=1S/C16H23FN2O/c1-2-15(13-5-7-14(17)8-6-13)18-10-9-16(20)19-11-3-4-12-19/h5-8,15,18H,2-4,9-12H2,1H3.